The van der Waals surface area contributed by atoms with Gasteiger partial charge in [-0.05, 0) is 50.6 Å². The van der Waals surface area contributed by atoms with Crippen LogP contribution in [0.1, 0.15) is 37.2 Å². The standard InChI is InChI=1S/C17H25N5/c1-13(16-8-2-3-10-20-16)22-14(6-4-9-18)12-17-15(19)7-5-11-21-17/h2-3,5,7-8,10-11,13-14,22H,4,6,9,12,18-19H2,1H3. The van der Waals surface area contributed by atoms with Crippen molar-refractivity contribution in [2.75, 3.05) is 12.3 Å². The van der Waals surface area contributed by atoms with Crippen LogP contribution in [0.15, 0.2) is 42.7 Å². The average Bonchev–Trinajstić information content (AvgIpc) is 2.55. The molecule has 5 heteroatoms. The second-order valence-electron chi connectivity index (χ2n) is 5.51. The number of anilines is 1. The molecule has 0 amide bonds. The number of rotatable bonds is 8. The molecule has 0 aliphatic heterocycles. The Morgan fingerprint density at radius 3 is 2.64 bits per heavy atom. The van der Waals surface area contributed by atoms with Crippen LogP contribution >= 0.6 is 0 Å². The van der Waals surface area contributed by atoms with Crippen LogP contribution in [-0.2, 0) is 6.42 Å². The molecule has 5 nitrogen and oxygen atoms in total. The van der Waals surface area contributed by atoms with Gasteiger partial charge in [0.1, 0.15) is 0 Å². The van der Waals surface area contributed by atoms with Gasteiger partial charge in [-0.3, -0.25) is 9.97 Å². The van der Waals surface area contributed by atoms with E-state index in [1.165, 1.54) is 0 Å². The Bertz CT molecular complexity index is 558. The minimum atomic E-state index is 0.175. The zero-order valence-electron chi connectivity index (χ0n) is 13.1. The van der Waals surface area contributed by atoms with Crippen LogP contribution in [0.25, 0.3) is 0 Å². The van der Waals surface area contributed by atoms with E-state index >= 15 is 0 Å². The van der Waals surface area contributed by atoms with E-state index in [0.29, 0.717) is 6.54 Å². The molecule has 2 rings (SSSR count). The molecule has 5 N–H and O–H groups in total. The van der Waals surface area contributed by atoms with Crippen molar-refractivity contribution in [3.8, 4) is 0 Å². The summed E-state index contributed by atoms with van der Waals surface area (Å²) < 4.78 is 0. The largest absolute Gasteiger partial charge is 0.397 e. The van der Waals surface area contributed by atoms with Crippen molar-refractivity contribution in [2.24, 2.45) is 5.73 Å². The van der Waals surface area contributed by atoms with Gasteiger partial charge in [0.05, 0.1) is 17.1 Å². The lowest BCUT2D eigenvalue weighted by atomic mass is 10.0. The second-order valence-corrected chi connectivity index (χ2v) is 5.51. The summed E-state index contributed by atoms with van der Waals surface area (Å²) >= 11 is 0. The van der Waals surface area contributed by atoms with Crippen LogP contribution in [0, 0.1) is 0 Å². The van der Waals surface area contributed by atoms with Crippen molar-refractivity contribution < 1.29 is 0 Å². The summed E-state index contributed by atoms with van der Waals surface area (Å²) in [4.78, 5) is 8.80. The van der Waals surface area contributed by atoms with E-state index in [4.69, 9.17) is 11.5 Å². The summed E-state index contributed by atoms with van der Waals surface area (Å²) in [5.74, 6) is 0. The van der Waals surface area contributed by atoms with Gasteiger partial charge in [-0.2, -0.15) is 0 Å². The number of nitrogen functional groups attached to an aromatic ring is 1. The van der Waals surface area contributed by atoms with Gasteiger partial charge in [-0.25, -0.2) is 0 Å². The molecule has 0 fully saturated rings. The maximum atomic E-state index is 6.01. The maximum absolute atomic E-state index is 6.01. The van der Waals surface area contributed by atoms with Crippen LogP contribution in [0.2, 0.25) is 0 Å². The molecule has 2 unspecified atom stereocenters. The average molecular weight is 299 g/mol. The Labute approximate surface area is 132 Å². The van der Waals surface area contributed by atoms with Crippen LogP contribution in [0.4, 0.5) is 5.69 Å². The van der Waals surface area contributed by atoms with E-state index in [-0.39, 0.29) is 12.1 Å². The maximum Gasteiger partial charge on any atom is 0.0648 e. The van der Waals surface area contributed by atoms with E-state index in [1.807, 2.05) is 36.5 Å². The molecule has 0 saturated heterocycles. The molecule has 0 bridgehead atoms. The van der Waals surface area contributed by atoms with Crippen molar-refractivity contribution >= 4 is 5.69 Å². The van der Waals surface area contributed by atoms with Gasteiger partial charge < -0.3 is 16.8 Å². The molecule has 0 aliphatic rings. The van der Waals surface area contributed by atoms with E-state index in [2.05, 4.69) is 22.2 Å². The number of nitrogens with two attached hydrogens (primary N) is 2. The molecule has 2 aromatic rings. The summed E-state index contributed by atoms with van der Waals surface area (Å²) in [6.45, 7) is 2.81. The number of nitrogens with one attached hydrogen (secondary N) is 1. The molecule has 2 aromatic heterocycles. The first-order valence-electron chi connectivity index (χ1n) is 7.77. The van der Waals surface area contributed by atoms with E-state index in [0.717, 1.165) is 36.3 Å². The Hall–Kier alpha value is -1.98. The Morgan fingerprint density at radius 1 is 1.14 bits per heavy atom. The zero-order chi connectivity index (χ0) is 15.8. The van der Waals surface area contributed by atoms with Gasteiger partial charge in [0.25, 0.3) is 0 Å². The van der Waals surface area contributed by atoms with Gasteiger partial charge >= 0.3 is 0 Å². The molecular formula is C17H25N5. The van der Waals surface area contributed by atoms with Crippen molar-refractivity contribution in [2.45, 2.75) is 38.3 Å². The van der Waals surface area contributed by atoms with Crippen LogP contribution in [0.5, 0.6) is 0 Å². The topological polar surface area (TPSA) is 89.8 Å². The number of hydrogen-bond donors (Lipinski definition) is 3. The minimum Gasteiger partial charge on any atom is -0.397 e. The zero-order valence-corrected chi connectivity index (χ0v) is 13.1. The fourth-order valence-corrected chi connectivity index (χ4v) is 2.53. The molecule has 0 aromatic carbocycles. The molecule has 2 atom stereocenters. The highest BCUT2D eigenvalue weighted by Gasteiger charge is 2.16. The quantitative estimate of drug-likeness (QED) is 0.694. The summed E-state index contributed by atoms with van der Waals surface area (Å²) in [7, 11) is 0. The molecular weight excluding hydrogens is 274 g/mol. The second kappa shape index (κ2) is 8.46. The normalized spacial score (nSPS) is 13.7. The summed E-state index contributed by atoms with van der Waals surface area (Å²) in [6, 6.07) is 10.2. The number of nitrogens with zero attached hydrogens (tertiary/aromatic N) is 2. The lowest BCUT2D eigenvalue weighted by Gasteiger charge is -2.23. The highest BCUT2D eigenvalue weighted by atomic mass is 15.0. The fraction of sp³-hybridized carbons (Fsp3) is 0.412. The molecule has 0 spiro atoms. The first-order chi connectivity index (χ1) is 10.7. The lowest BCUT2D eigenvalue weighted by molar-refractivity contribution is 0.414. The van der Waals surface area contributed by atoms with Crippen molar-refractivity contribution in [1.82, 2.24) is 15.3 Å². The van der Waals surface area contributed by atoms with Crippen molar-refractivity contribution in [1.29, 1.82) is 0 Å². The summed E-state index contributed by atoms with van der Waals surface area (Å²) in [5.41, 5.74) is 14.4. The fourth-order valence-electron chi connectivity index (χ4n) is 2.53. The third kappa shape index (κ3) is 4.79. The molecule has 0 radical (unpaired) electrons. The molecule has 22 heavy (non-hydrogen) atoms. The predicted octanol–water partition coefficient (Wildman–Crippen LogP) is 2.06. The van der Waals surface area contributed by atoms with E-state index in [1.54, 1.807) is 6.20 Å². The Morgan fingerprint density at radius 2 is 1.95 bits per heavy atom. The lowest BCUT2D eigenvalue weighted by Crippen LogP contribution is -2.34. The first-order valence-corrected chi connectivity index (χ1v) is 7.77. The Balaban J connectivity index is 2.04. The third-order valence-electron chi connectivity index (χ3n) is 3.74. The summed E-state index contributed by atoms with van der Waals surface area (Å²) in [6.07, 6.45) is 6.36. The molecule has 0 saturated carbocycles. The smallest absolute Gasteiger partial charge is 0.0648 e. The summed E-state index contributed by atoms with van der Waals surface area (Å²) in [5, 5.41) is 3.63. The van der Waals surface area contributed by atoms with Gasteiger partial charge in [0.2, 0.25) is 0 Å². The van der Waals surface area contributed by atoms with Crippen molar-refractivity contribution in [3.05, 3.63) is 54.1 Å². The predicted molar refractivity (Wildman–Crippen MR) is 90.2 cm³/mol. The van der Waals surface area contributed by atoms with Gasteiger partial charge in [-0.1, -0.05) is 6.07 Å². The number of aromatic nitrogens is 2. The van der Waals surface area contributed by atoms with Gasteiger partial charge in [0, 0.05) is 30.9 Å². The molecule has 118 valence electrons. The Kier molecular flexibility index (Phi) is 6.30. The SMILES string of the molecule is CC(NC(CCCN)Cc1ncccc1N)c1ccccn1. The monoisotopic (exact) mass is 299 g/mol. The first kappa shape index (κ1) is 16.4. The van der Waals surface area contributed by atoms with Crippen molar-refractivity contribution in [3.63, 3.8) is 0 Å². The highest BCUT2D eigenvalue weighted by Crippen LogP contribution is 2.16. The number of pyridine rings is 2. The van der Waals surface area contributed by atoms with E-state index < -0.39 is 0 Å². The van der Waals surface area contributed by atoms with Crippen LogP contribution in [0.3, 0.4) is 0 Å². The van der Waals surface area contributed by atoms with Crippen LogP contribution in [-0.4, -0.2) is 22.6 Å². The minimum absolute atomic E-state index is 0.175. The van der Waals surface area contributed by atoms with Crippen LogP contribution < -0.4 is 16.8 Å². The third-order valence-corrected chi connectivity index (χ3v) is 3.74. The number of hydrogen-bond acceptors (Lipinski definition) is 5. The molecule has 0 aliphatic carbocycles. The van der Waals surface area contributed by atoms with Gasteiger partial charge in [0.15, 0.2) is 0 Å². The van der Waals surface area contributed by atoms with E-state index in [9.17, 15) is 0 Å². The highest BCUT2D eigenvalue weighted by molar-refractivity contribution is 5.42. The molecule has 2 heterocycles. The van der Waals surface area contributed by atoms with Gasteiger partial charge in [-0.15, -0.1) is 0 Å².